The fourth-order valence-corrected chi connectivity index (χ4v) is 4.03. The van der Waals surface area contributed by atoms with E-state index in [4.69, 9.17) is 14.6 Å². The number of aryl methyl sites for hydroxylation is 1. The summed E-state index contributed by atoms with van der Waals surface area (Å²) in [6.45, 7) is 0.0367. The van der Waals surface area contributed by atoms with Gasteiger partial charge in [0.1, 0.15) is 17.7 Å². The van der Waals surface area contributed by atoms with Crippen LogP contribution in [0.25, 0.3) is 27.7 Å². The predicted molar refractivity (Wildman–Crippen MR) is 116 cm³/mol. The number of anilines is 1. The molecule has 11 heteroatoms. The molecule has 0 spiro atoms. The van der Waals surface area contributed by atoms with Gasteiger partial charge in [0.2, 0.25) is 11.8 Å². The summed E-state index contributed by atoms with van der Waals surface area (Å²) in [7, 11) is 1.58. The molecule has 1 aromatic carbocycles. The van der Waals surface area contributed by atoms with Crippen LogP contribution < -0.4 is 10.1 Å². The third-order valence-electron chi connectivity index (χ3n) is 5.67. The molecule has 10 nitrogen and oxygen atoms in total. The first-order valence-electron chi connectivity index (χ1n) is 10.5. The van der Waals surface area contributed by atoms with E-state index in [1.165, 1.54) is 0 Å². The number of benzene rings is 1. The molecule has 2 N–H and O–H groups in total. The number of halogens is 1. The Balaban J connectivity index is 1.43. The second-order valence-electron chi connectivity index (χ2n) is 7.70. The topological polar surface area (TPSA) is 112 Å². The quantitative estimate of drug-likeness (QED) is 0.406. The minimum absolute atomic E-state index is 0.0309. The summed E-state index contributed by atoms with van der Waals surface area (Å²) in [5, 5.41) is 24.9. The zero-order valence-corrected chi connectivity index (χ0v) is 17.6. The molecule has 5 rings (SSSR count). The van der Waals surface area contributed by atoms with Crippen molar-refractivity contribution in [3.05, 3.63) is 30.5 Å². The monoisotopic (exact) mass is 441 g/mol. The van der Waals surface area contributed by atoms with Gasteiger partial charge in [-0.25, -0.2) is 13.6 Å². The second-order valence-corrected chi connectivity index (χ2v) is 7.70. The number of aromatic nitrogens is 6. The van der Waals surface area contributed by atoms with Crippen LogP contribution in [0.1, 0.15) is 12.8 Å². The molecule has 0 atom stereocenters. The Morgan fingerprint density at radius 3 is 2.94 bits per heavy atom. The summed E-state index contributed by atoms with van der Waals surface area (Å²) >= 11 is 0. The highest BCUT2D eigenvalue weighted by atomic mass is 19.1. The minimum Gasteiger partial charge on any atom is -0.479 e. The molecule has 0 aliphatic heterocycles. The summed E-state index contributed by atoms with van der Waals surface area (Å²) in [6, 6.07) is 7.90. The second kappa shape index (κ2) is 8.67. The van der Waals surface area contributed by atoms with Gasteiger partial charge in [0, 0.05) is 17.8 Å². The van der Waals surface area contributed by atoms with Gasteiger partial charge in [0.15, 0.2) is 0 Å². The number of aliphatic hydroxyl groups is 1. The van der Waals surface area contributed by atoms with Gasteiger partial charge < -0.3 is 19.9 Å². The molecule has 32 heavy (non-hydrogen) atoms. The van der Waals surface area contributed by atoms with E-state index >= 15 is 0 Å². The smallest absolute Gasteiger partial charge is 0.244 e. The van der Waals surface area contributed by atoms with Gasteiger partial charge in [-0.2, -0.15) is 4.98 Å². The molecule has 0 bridgehead atoms. The van der Waals surface area contributed by atoms with Crippen LogP contribution in [0.3, 0.4) is 0 Å². The lowest BCUT2D eigenvalue weighted by Gasteiger charge is -2.35. The first kappa shape index (κ1) is 20.6. The molecule has 0 radical (unpaired) electrons. The standard InChI is InChI=1S/C21H24FN7O3/c1-31-20-19-16(13-2-3-17-18(10-13)28(7-5-22)27-25-17)4-6-29(19)26-21(24-20)23-14-11-15(12-14)32-9-8-30/h2-4,6,10,14-15,30H,5,7-9,11-12H2,1H3,(H,23,26). The van der Waals surface area contributed by atoms with Crippen molar-refractivity contribution in [3.8, 4) is 17.0 Å². The van der Waals surface area contributed by atoms with Crippen molar-refractivity contribution >= 4 is 22.5 Å². The van der Waals surface area contributed by atoms with Crippen LogP contribution in [-0.2, 0) is 11.3 Å². The first-order valence-corrected chi connectivity index (χ1v) is 10.5. The van der Waals surface area contributed by atoms with Gasteiger partial charge >= 0.3 is 0 Å². The lowest BCUT2D eigenvalue weighted by molar-refractivity contribution is -0.0196. The Morgan fingerprint density at radius 1 is 1.28 bits per heavy atom. The van der Waals surface area contributed by atoms with Crippen molar-refractivity contribution in [2.45, 2.75) is 31.5 Å². The van der Waals surface area contributed by atoms with Crippen molar-refractivity contribution in [1.82, 2.24) is 29.6 Å². The average molecular weight is 441 g/mol. The lowest BCUT2D eigenvalue weighted by Crippen LogP contribution is -2.41. The summed E-state index contributed by atoms with van der Waals surface area (Å²) in [5.41, 5.74) is 4.01. The SMILES string of the molecule is COc1nc(NC2CC(OCCO)C2)nn2ccc(-c3ccc4nnn(CCF)c4c3)c12. The number of nitrogens with zero attached hydrogens (tertiary/aromatic N) is 6. The number of hydrogen-bond acceptors (Lipinski definition) is 8. The number of hydrogen-bond donors (Lipinski definition) is 2. The maximum absolute atomic E-state index is 12.9. The maximum Gasteiger partial charge on any atom is 0.244 e. The number of rotatable bonds is 9. The number of fused-ring (bicyclic) bond motifs is 2. The lowest BCUT2D eigenvalue weighted by atomic mass is 9.89. The first-order chi connectivity index (χ1) is 15.7. The Kier molecular flexibility index (Phi) is 5.58. The van der Waals surface area contributed by atoms with Gasteiger partial charge in [-0.05, 0) is 36.6 Å². The van der Waals surface area contributed by atoms with Crippen molar-refractivity contribution in [2.24, 2.45) is 0 Å². The van der Waals surface area contributed by atoms with Crippen LogP contribution in [0.4, 0.5) is 10.3 Å². The summed E-state index contributed by atoms with van der Waals surface area (Å²) < 4.78 is 27.3. The van der Waals surface area contributed by atoms with E-state index < -0.39 is 6.67 Å². The Labute approximate surface area is 183 Å². The van der Waals surface area contributed by atoms with Crippen LogP contribution in [0, 0.1) is 0 Å². The maximum atomic E-state index is 12.9. The Morgan fingerprint density at radius 2 is 2.16 bits per heavy atom. The van der Waals surface area contributed by atoms with Gasteiger partial charge in [0.05, 0.1) is 38.5 Å². The largest absolute Gasteiger partial charge is 0.479 e. The van der Waals surface area contributed by atoms with Crippen LogP contribution >= 0.6 is 0 Å². The van der Waals surface area contributed by atoms with E-state index in [-0.39, 0.29) is 25.3 Å². The molecular weight excluding hydrogens is 417 g/mol. The van der Waals surface area contributed by atoms with E-state index in [0.717, 1.165) is 35.0 Å². The van der Waals surface area contributed by atoms with E-state index in [9.17, 15) is 4.39 Å². The molecule has 0 saturated heterocycles. The molecule has 4 aromatic rings. The van der Waals surface area contributed by atoms with E-state index in [1.54, 1.807) is 16.3 Å². The van der Waals surface area contributed by atoms with Crippen molar-refractivity contribution in [1.29, 1.82) is 0 Å². The molecule has 3 aromatic heterocycles. The minimum atomic E-state index is -0.509. The number of nitrogens with one attached hydrogen (secondary N) is 1. The highest BCUT2D eigenvalue weighted by Gasteiger charge is 2.30. The van der Waals surface area contributed by atoms with Crippen LogP contribution in [-0.4, -0.2) is 73.8 Å². The van der Waals surface area contributed by atoms with Crippen molar-refractivity contribution in [2.75, 3.05) is 32.3 Å². The summed E-state index contributed by atoms with van der Waals surface area (Å²) in [5.74, 6) is 0.924. The van der Waals surface area contributed by atoms with E-state index in [0.29, 0.717) is 24.0 Å². The highest BCUT2D eigenvalue weighted by molar-refractivity contribution is 5.89. The third kappa shape index (κ3) is 3.73. The fraction of sp³-hybridized carbons (Fsp3) is 0.429. The molecule has 1 saturated carbocycles. The highest BCUT2D eigenvalue weighted by Crippen LogP contribution is 2.33. The molecule has 168 valence electrons. The Bertz CT molecular complexity index is 1240. The summed E-state index contributed by atoms with van der Waals surface area (Å²) in [6.07, 6.45) is 3.68. The van der Waals surface area contributed by atoms with Crippen LogP contribution in [0.5, 0.6) is 5.88 Å². The third-order valence-corrected chi connectivity index (χ3v) is 5.67. The van der Waals surface area contributed by atoms with E-state index in [2.05, 4.69) is 25.7 Å². The molecule has 1 aliphatic rings. The van der Waals surface area contributed by atoms with Crippen LogP contribution in [0.2, 0.25) is 0 Å². The van der Waals surface area contributed by atoms with Gasteiger partial charge in [0.25, 0.3) is 0 Å². The number of aliphatic hydroxyl groups excluding tert-OH is 1. The number of alkyl halides is 1. The van der Waals surface area contributed by atoms with Gasteiger partial charge in [-0.1, -0.05) is 11.3 Å². The zero-order valence-electron chi connectivity index (χ0n) is 17.6. The van der Waals surface area contributed by atoms with Crippen molar-refractivity contribution < 1.29 is 19.0 Å². The zero-order chi connectivity index (χ0) is 22.1. The van der Waals surface area contributed by atoms with E-state index in [1.807, 2.05) is 30.5 Å². The average Bonchev–Trinajstić information content (AvgIpc) is 3.39. The van der Waals surface area contributed by atoms with Crippen molar-refractivity contribution in [3.63, 3.8) is 0 Å². The molecule has 3 heterocycles. The Hall–Kier alpha value is -3.31. The molecular formula is C21H24FN7O3. The molecule has 0 amide bonds. The normalized spacial score (nSPS) is 18.2. The molecule has 1 aliphatic carbocycles. The fourth-order valence-electron chi connectivity index (χ4n) is 4.03. The molecule has 0 unspecified atom stereocenters. The van der Waals surface area contributed by atoms with Crippen LogP contribution in [0.15, 0.2) is 30.5 Å². The van der Waals surface area contributed by atoms with Gasteiger partial charge in [-0.15, -0.1) is 10.2 Å². The number of methoxy groups -OCH3 is 1. The number of ether oxygens (including phenoxy) is 2. The van der Waals surface area contributed by atoms with Gasteiger partial charge in [-0.3, -0.25) is 0 Å². The predicted octanol–water partition coefficient (Wildman–Crippen LogP) is 2.07. The molecule has 1 fully saturated rings. The summed E-state index contributed by atoms with van der Waals surface area (Å²) in [4.78, 5) is 4.56.